The quantitative estimate of drug-likeness (QED) is 0.676. The molecule has 1 amide bonds. The fraction of sp³-hybridized carbons (Fsp3) is 0.476. The lowest BCUT2D eigenvalue weighted by atomic mass is 10.0. The number of benzene rings is 1. The SMILES string of the molecule is CC(=O)c1cn(C(=O)N2C[C@H]3CC(N(C)Cc4ccccc4Cl)C[C@H]3C2)nc1Cl. The second-order valence-electron chi connectivity index (χ2n) is 8.17. The van der Waals surface area contributed by atoms with E-state index in [-0.39, 0.29) is 22.5 Å². The first-order chi connectivity index (χ1) is 13.8. The summed E-state index contributed by atoms with van der Waals surface area (Å²) in [6.45, 7) is 3.67. The maximum Gasteiger partial charge on any atom is 0.344 e. The molecule has 2 aliphatic rings. The molecule has 1 saturated heterocycles. The van der Waals surface area contributed by atoms with Crippen molar-refractivity contribution in [2.75, 3.05) is 20.1 Å². The van der Waals surface area contributed by atoms with Crippen molar-refractivity contribution in [1.82, 2.24) is 19.6 Å². The van der Waals surface area contributed by atoms with Crippen LogP contribution in [0.25, 0.3) is 0 Å². The van der Waals surface area contributed by atoms with Crippen LogP contribution in [-0.2, 0) is 6.54 Å². The predicted molar refractivity (Wildman–Crippen MR) is 113 cm³/mol. The first-order valence-corrected chi connectivity index (χ1v) is 10.6. The summed E-state index contributed by atoms with van der Waals surface area (Å²) in [7, 11) is 2.15. The van der Waals surface area contributed by atoms with E-state index < -0.39 is 0 Å². The number of amides is 1. The van der Waals surface area contributed by atoms with E-state index >= 15 is 0 Å². The van der Waals surface area contributed by atoms with Crippen LogP contribution in [0.3, 0.4) is 0 Å². The third-order valence-electron chi connectivity index (χ3n) is 6.24. The van der Waals surface area contributed by atoms with E-state index in [1.54, 1.807) is 0 Å². The van der Waals surface area contributed by atoms with E-state index in [9.17, 15) is 9.59 Å². The van der Waals surface area contributed by atoms with Crippen LogP contribution in [0.2, 0.25) is 10.2 Å². The zero-order valence-electron chi connectivity index (χ0n) is 16.5. The molecule has 29 heavy (non-hydrogen) atoms. The minimum atomic E-state index is -0.213. The fourth-order valence-corrected chi connectivity index (χ4v) is 5.10. The number of nitrogens with zero attached hydrogens (tertiary/aromatic N) is 4. The van der Waals surface area contributed by atoms with Gasteiger partial charge in [-0.05, 0) is 50.3 Å². The highest BCUT2D eigenvalue weighted by Gasteiger charge is 2.43. The van der Waals surface area contributed by atoms with Crippen molar-refractivity contribution in [3.63, 3.8) is 0 Å². The van der Waals surface area contributed by atoms with Crippen molar-refractivity contribution < 1.29 is 9.59 Å². The van der Waals surface area contributed by atoms with Crippen LogP contribution >= 0.6 is 23.2 Å². The molecule has 0 N–H and O–H groups in total. The van der Waals surface area contributed by atoms with Crippen molar-refractivity contribution >= 4 is 35.0 Å². The first-order valence-electron chi connectivity index (χ1n) is 9.82. The number of fused-ring (bicyclic) bond motifs is 1. The van der Waals surface area contributed by atoms with E-state index in [1.807, 2.05) is 23.1 Å². The number of halogens is 2. The maximum atomic E-state index is 12.8. The summed E-state index contributed by atoms with van der Waals surface area (Å²) in [6, 6.07) is 8.23. The Kier molecular flexibility index (Phi) is 5.69. The number of carbonyl (C=O) groups excluding carboxylic acids is 2. The molecular formula is C21H24Cl2N4O2. The molecule has 154 valence electrons. The van der Waals surface area contributed by atoms with Gasteiger partial charge in [-0.1, -0.05) is 41.4 Å². The molecule has 6 nitrogen and oxygen atoms in total. The zero-order valence-corrected chi connectivity index (χ0v) is 18.0. The van der Waals surface area contributed by atoms with Crippen LogP contribution in [-0.4, -0.2) is 57.6 Å². The summed E-state index contributed by atoms with van der Waals surface area (Å²) in [5.74, 6) is 0.767. The Balaban J connectivity index is 1.36. The minimum Gasteiger partial charge on any atom is -0.322 e. The van der Waals surface area contributed by atoms with Gasteiger partial charge in [-0.3, -0.25) is 9.69 Å². The molecule has 1 aromatic carbocycles. The summed E-state index contributed by atoms with van der Waals surface area (Å²) in [5.41, 5.74) is 1.42. The van der Waals surface area contributed by atoms with Gasteiger partial charge in [0.25, 0.3) is 0 Å². The molecule has 1 saturated carbocycles. The maximum absolute atomic E-state index is 12.8. The lowest BCUT2D eigenvalue weighted by Gasteiger charge is -2.26. The Morgan fingerprint density at radius 1 is 1.17 bits per heavy atom. The van der Waals surface area contributed by atoms with Gasteiger partial charge in [-0.2, -0.15) is 9.78 Å². The second kappa shape index (κ2) is 8.09. The fourth-order valence-electron chi connectivity index (χ4n) is 4.64. The third kappa shape index (κ3) is 4.06. The van der Waals surface area contributed by atoms with Crippen LogP contribution in [0, 0.1) is 11.8 Å². The first kappa shape index (κ1) is 20.4. The molecular weight excluding hydrogens is 411 g/mol. The number of Topliss-reactive ketones (excluding diaryl/α,β-unsaturated/α-hetero) is 1. The third-order valence-corrected chi connectivity index (χ3v) is 6.89. The molecule has 0 spiro atoms. The number of carbonyl (C=O) groups is 2. The number of rotatable bonds is 4. The summed E-state index contributed by atoms with van der Waals surface area (Å²) in [6.07, 6.45) is 3.56. The lowest BCUT2D eigenvalue weighted by molar-refractivity contribution is 0.101. The highest BCUT2D eigenvalue weighted by Crippen LogP contribution is 2.40. The molecule has 0 radical (unpaired) electrons. The Labute approximate surface area is 180 Å². The van der Waals surface area contributed by atoms with Gasteiger partial charge < -0.3 is 4.90 Å². The summed E-state index contributed by atoms with van der Waals surface area (Å²) >= 11 is 12.3. The monoisotopic (exact) mass is 434 g/mol. The van der Waals surface area contributed by atoms with Gasteiger partial charge >= 0.3 is 6.03 Å². The lowest BCUT2D eigenvalue weighted by Crippen LogP contribution is -2.36. The van der Waals surface area contributed by atoms with E-state index in [2.05, 4.69) is 23.1 Å². The largest absolute Gasteiger partial charge is 0.344 e. The minimum absolute atomic E-state index is 0.0755. The molecule has 1 unspecified atom stereocenters. The summed E-state index contributed by atoms with van der Waals surface area (Å²) in [4.78, 5) is 28.6. The van der Waals surface area contributed by atoms with Gasteiger partial charge in [0.1, 0.15) is 0 Å². The van der Waals surface area contributed by atoms with E-state index in [4.69, 9.17) is 23.2 Å². The molecule has 2 fully saturated rings. The normalized spacial score (nSPS) is 23.6. The Hall–Kier alpha value is -1.89. The van der Waals surface area contributed by atoms with Crippen LogP contribution in [0.15, 0.2) is 30.5 Å². The standard InChI is InChI=1S/C21H24Cl2N4O2/c1-13(28)18-12-27(24-20(18)23)21(29)26-10-15-7-17(8-16(15)11-26)25(2)9-14-5-3-4-6-19(14)22/h3-6,12,15-17H,7-11H2,1-2H3/t15-,16+,17?. The average molecular weight is 435 g/mol. The predicted octanol–water partition coefficient (Wildman–Crippen LogP) is 4.20. The number of likely N-dealkylation sites (tertiary alicyclic amines) is 1. The Morgan fingerprint density at radius 3 is 2.41 bits per heavy atom. The van der Waals surface area contributed by atoms with Crippen LogP contribution in [0.5, 0.6) is 0 Å². The molecule has 2 aromatic rings. The highest BCUT2D eigenvalue weighted by molar-refractivity contribution is 6.32. The van der Waals surface area contributed by atoms with Crippen molar-refractivity contribution in [1.29, 1.82) is 0 Å². The van der Waals surface area contributed by atoms with Gasteiger partial charge in [0.05, 0.1) is 5.56 Å². The zero-order chi connectivity index (χ0) is 20.7. The molecule has 0 bridgehead atoms. The van der Waals surface area contributed by atoms with Crippen LogP contribution in [0.1, 0.15) is 35.7 Å². The van der Waals surface area contributed by atoms with Crippen molar-refractivity contribution in [2.45, 2.75) is 32.4 Å². The van der Waals surface area contributed by atoms with Gasteiger partial charge in [0.15, 0.2) is 10.9 Å². The smallest absolute Gasteiger partial charge is 0.322 e. The second-order valence-corrected chi connectivity index (χ2v) is 8.94. The average Bonchev–Trinajstić information content (AvgIpc) is 3.35. The van der Waals surface area contributed by atoms with E-state index in [0.29, 0.717) is 31.0 Å². The Bertz CT molecular complexity index is 931. The van der Waals surface area contributed by atoms with Crippen LogP contribution in [0.4, 0.5) is 4.79 Å². The molecule has 3 atom stereocenters. The number of aromatic nitrogens is 2. The number of hydrogen-bond acceptors (Lipinski definition) is 4. The molecule has 1 aliphatic heterocycles. The van der Waals surface area contributed by atoms with Crippen molar-refractivity contribution in [3.8, 4) is 0 Å². The molecule has 1 aliphatic carbocycles. The summed E-state index contributed by atoms with van der Waals surface area (Å²) in [5, 5.41) is 4.90. The molecule has 1 aromatic heterocycles. The molecule has 2 heterocycles. The van der Waals surface area contributed by atoms with Crippen molar-refractivity contribution in [3.05, 3.63) is 51.8 Å². The van der Waals surface area contributed by atoms with Crippen molar-refractivity contribution in [2.24, 2.45) is 11.8 Å². The number of hydrogen-bond donors (Lipinski definition) is 0. The van der Waals surface area contributed by atoms with E-state index in [0.717, 1.165) is 30.0 Å². The van der Waals surface area contributed by atoms with Gasteiger partial charge in [-0.15, -0.1) is 0 Å². The highest BCUT2D eigenvalue weighted by atomic mass is 35.5. The van der Waals surface area contributed by atoms with Crippen LogP contribution < -0.4 is 0 Å². The summed E-state index contributed by atoms with van der Waals surface area (Å²) < 4.78 is 1.20. The molecule has 4 rings (SSSR count). The van der Waals surface area contributed by atoms with E-state index in [1.165, 1.54) is 17.8 Å². The Morgan fingerprint density at radius 2 is 1.83 bits per heavy atom. The van der Waals surface area contributed by atoms with Gasteiger partial charge in [-0.25, -0.2) is 4.79 Å². The molecule has 8 heteroatoms. The van der Waals surface area contributed by atoms with Gasteiger partial charge in [0.2, 0.25) is 0 Å². The number of ketones is 1. The van der Waals surface area contributed by atoms with Gasteiger partial charge in [0, 0.05) is 36.9 Å². The topological polar surface area (TPSA) is 58.4 Å².